The molecule has 3 aromatic heterocycles. The molecule has 0 aliphatic carbocycles. The first-order valence-electron chi connectivity index (χ1n) is 7.02. The van der Waals surface area contributed by atoms with Crippen LogP contribution in [-0.4, -0.2) is 16.0 Å². The Morgan fingerprint density at radius 2 is 2.08 bits per heavy atom. The molecule has 0 amide bonds. The average Bonchev–Trinajstić information content (AvgIpc) is 3.07. The lowest BCUT2D eigenvalue weighted by molar-refractivity contribution is 0.744. The summed E-state index contributed by atoms with van der Waals surface area (Å²) in [6.45, 7) is 4.82. The number of halogens is 3. The molecule has 3 rings (SSSR count). The van der Waals surface area contributed by atoms with Crippen LogP contribution in [0.3, 0.4) is 0 Å². The molecule has 3 N–H and O–H groups in total. The quantitative estimate of drug-likeness (QED) is 0.561. The fourth-order valence-corrected chi connectivity index (χ4v) is 4.46. The number of thiophene rings is 2. The molecule has 24 heavy (non-hydrogen) atoms. The van der Waals surface area contributed by atoms with Crippen LogP contribution in [0.4, 0.5) is 5.82 Å². The molecule has 1 atom stereocenters. The lowest BCUT2D eigenvalue weighted by Gasteiger charge is -2.05. The van der Waals surface area contributed by atoms with E-state index in [4.69, 9.17) is 17.3 Å². The molecule has 0 saturated heterocycles. The maximum atomic E-state index is 6.09. The summed E-state index contributed by atoms with van der Waals surface area (Å²) in [7, 11) is 0. The highest BCUT2D eigenvalue weighted by Gasteiger charge is 2.16. The molecular weight excluding hydrogens is 407 g/mol. The Labute approximate surface area is 166 Å². The van der Waals surface area contributed by atoms with Crippen molar-refractivity contribution >= 4 is 75.1 Å². The maximum absolute atomic E-state index is 6.09. The van der Waals surface area contributed by atoms with Crippen LogP contribution in [-0.2, 0) is 13.0 Å². The van der Waals surface area contributed by atoms with Gasteiger partial charge in [-0.05, 0) is 48.9 Å². The average molecular weight is 426 g/mol. The first kappa shape index (κ1) is 21.4. The predicted octanol–water partition coefficient (Wildman–Crippen LogP) is 5.06. The van der Waals surface area contributed by atoms with Crippen molar-refractivity contribution in [3.8, 4) is 0 Å². The number of nitrogens with zero attached hydrogens (tertiary/aromatic N) is 2. The molecule has 0 fully saturated rings. The highest BCUT2D eigenvalue weighted by Crippen LogP contribution is 2.35. The molecular formula is C15H19Cl3N4S2. The summed E-state index contributed by atoms with van der Waals surface area (Å²) in [6, 6.07) is 4.26. The van der Waals surface area contributed by atoms with Gasteiger partial charge < -0.3 is 11.1 Å². The Kier molecular flexibility index (Phi) is 8.19. The molecule has 0 spiro atoms. The third-order valence-corrected chi connectivity index (χ3v) is 5.71. The summed E-state index contributed by atoms with van der Waals surface area (Å²) >= 11 is 9.51. The number of aromatic nitrogens is 2. The Balaban J connectivity index is 0.00000144. The fourth-order valence-electron chi connectivity index (χ4n) is 2.30. The summed E-state index contributed by atoms with van der Waals surface area (Å²) in [5.74, 6) is 0.799. The first-order chi connectivity index (χ1) is 10.5. The highest BCUT2D eigenvalue weighted by atomic mass is 35.5. The monoisotopic (exact) mass is 424 g/mol. The molecule has 0 radical (unpaired) electrons. The van der Waals surface area contributed by atoms with Gasteiger partial charge in [-0.3, -0.25) is 0 Å². The van der Waals surface area contributed by atoms with Crippen LogP contribution < -0.4 is 11.1 Å². The molecule has 3 aromatic rings. The smallest absolute Gasteiger partial charge is 0.224 e. The topological polar surface area (TPSA) is 63.8 Å². The fraction of sp³-hybridized carbons (Fsp3) is 0.333. The van der Waals surface area contributed by atoms with Gasteiger partial charge in [0.25, 0.3) is 0 Å². The van der Waals surface area contributed by atoms with Gasteiger partial charge in [-0.2, -0.15) is 4.98 Å². The van der Waals surface area contributed by atoms with Crippen molar-refractivity contribution in [3.05, 3.63) is 38.1 Å². The molecule has 0 aliphatic rings. The van der Waals surface area contributed by atoms with Crippen LogP contribution in [0.25, 0.3) is 10.2 Å². The number of fused-ring (bicyclic) bond motifs is 1. The second-order valence-electron chi connectivity index (χ2n) is 5.28. The molecule has 3 heterocycles. The van der Waals surface area contributed by atoms with Crippen molar-refractivity contribution in [2.75, 3.05) is 5.32 Å². The number of aryl methyl sites for hydroxylation is 1. The van der Waals surface area contributed by atoms with Gasteiger partial charge in [0.05, 0.1) is 16.8 Å². The summed E-state index contributed by atoms with van der Waals surface area (Å²) in [4.78, 5) is 11.3. The molecule has 1 unspecified atom stereocenters. The molecule has 0 saturated carbocycles. The first-order valence-corrected chi connectivity index (χ1v) is 9.09. The standard InChI is InChI=1S/C15H17ClN4S2.2ClH/c1-8(17)6-11-9(2)12-13(22-11)14(20-15(16)19-12)18-7-10-4-3-5-21-10;;/h3-5,8H,6-7,17H2,1-2H3,(H,18,19,20);2*1H. The van der Waals surface area contributed by atoms with Gasteiger partial charge in [0.2, 0.25) is 5.28 Å². The van der Waals surface area contributed by atoms with Crippen LogP contribution >= 0.6 is 59.1 Å². The Hall–Kier alpha value is -0.630. The summed E-state index contributed by atoms with van der Waals surface area (Å²) < 4.78 is 1.05. The lowest BCUT2D eigenvalue weighted by atomic mass is 10.1. The van der Waals surface area contributed by atoms with Gasteiger partial charge in [0.15, 0.2) is 0 Å². The van der Waals surface area contributed by atoms with E-state index in [1.165, 1.54) is 9.75 Å². The van der Waals surface area contributed by atoms with E-state index in [1.807, 2.05) is 13.0 Å². The van der Waals surface area contributed by atoms with Crippen molar-refractivity contribution in [2.24, 2.45) is 5.73 Å². The number of hydrogen-bond donors (Lipinski definition) is 2. The van der Waals surface area contributed by atoms with Crippen LogP contribution in [0.15, 0.2) is 17.5 Å². The van der Waals surface area contributed by atoms with Gasteiger partial charge in [-0.25, -0.2) is 4.98 Å². The minimum absolute atomic E-state index is 0. The molecule has 0 bridgehead atoms. The molecule has 132 valence electrons. The summed E-state index contributed by atoms with van der Waals surface area (Å²) in [5, 5.41) is 5.72. The molecule has 4 nitrogen and oxygen atoms in total. The van der Waals surface area contributed by atoms with E-state index >= 15 is 0 Å². The zero-order chi connectivity index (χ0) is 15.7. The third kappa shape index (κ3) is 4.71. The van der Waals surface area contributed by atoms with E-state index in [0.29, 0.717) is 0 Å². The number of rotatable bonds is 5. The van der Waals surface area contributed by atoms with E-state index in [0.717, 1.165) is 34.6 Å². The summed E-state index contributed by atoms with van der Waals surface area (Å²) in [5.41, 5.74) is 8.02. The number of anilines is 1. The van der Waals surface area contributed by atoms with E-state index in [2.05, 4.69) is 33.7 Å². The maximum Gasteiger partial charge on any atom is 0.224 e. The number of hydrogen-bond acceptors (Lipinski definition) is 6. The van der Waals surface area contributed by atoms with Crippen molar-refractivity contribution < 1.29 is 0 Å². The minimum Gasteiger partial charge on any atom is -0.364 e. The normalized spacial score (nSPS) is 11.7. The lowest BCUT2D eigenvalue weighted by Crippen LogP contribution is -2.17. The Morgan fingerprint density at radius 1 is 1.33 bits per heavy atom. The van der Waals surface area contributed by atoms with Gasteiger partial charge in [-0.1, -0.05) is 6.07 Å². The number of nitrogens with two attached hydrogens (primary N) is 1. The molecule has 9 heteroatoms. The highest BCUT2D eigenvalue weighted by molar-refractivity contribution is 7.19. The van der Waals surface area contributed by atoms with Crippen molar-refractivity contribution in [2.45, 2.75) is 32.9 Å². The summed E-state index contributed by atoms with van der Waals surface area (Å²) in [6.07, 6.45) is 0.842. The van der Waals surface area contributed by atoms with E-state index in [-0.39, 0.29) is 36.1 Å². The van der Waals surface area contributed by atoms with Crippen LogP contribution in [0, 0.1) is 6.92 Å². The Morgan fingerprint density at radius 3 is 2.71 bits per heavy atom. The zero-order valence-corrected chi connectivity index (χ0v) is 17.2. The van der Waals surface area contributed by atoms with Crippen molar-refractivity contribution in [1.29, 1.82) is 0 Å². The van der Waals surface area contributed by atoms with Gasteiger partial charge in [0.1, 0.15) is 5.82 Å². The van der Waals surface area contributed by atoms with Crippen molar-refractivity contribution in [3.63, 3.8) is 0 Å². The van der Waals surface area contributed by atoms with Crippen LogP contribution in [0.2, 0.25) is 5.28 Å². The minimum atomic E-state index is 0. The SMILES string of the molecule is Cc1c(CC(C)N)sc2c(NCc3cccs3)nc(Cl)nc12.Cl.Cl. The van der Waals surface area contributed by atoms with Gasteiger partial charge in [-0.15, -0.1) is 47.5 Å². The van der Waals surface area contributed by atoms with Crippen LogP contribution in [0.1, 0.15) is 22.2 Å². The molecule has 0 aliphatic heterocycles. The second kappa shape index (κ2) is 9.17. The largest absolute Gasteiger partial charge is 0.364 e. The van der Waals surface area contributed by atoms with E-state index in [1.54, 1.807) is 22.7 Å². The molecule has 0 aromatic carbocycles. The third-order valence-electron chi connectivity index (χ3n) is 3.35. The Bertz CT molecular complexity index is 788. The van der Waals surface area contributed by atoms with Gasteiger partial charge in [0, 0.05) is 15.8 Å². The van der Waals surface area contributed by atoms with Gasteiger partial charge >= 0.3 is 0 Å². The number of nitrogens with one attached hydrogen (secondary N) is 1. The second-order valence-corrected chi connectivity index (χ2v) is 7.76. The van der Waals surface area contributed by atoms with Crippen LogP contribution in [0.5, 0.6) is 0 Å². The predicted molar refractivity (Wildman–Crippen MR) is 111 cm³/mol. The van der Waals surface area contributed by atoms with Crippen molar-refractivity contribution in [1.82, 2.24) is 9.97 Å². The van der Waals surface area contributed by atoms with E-state index < -0.39 is 0 Å². The zero-order valence-electron chi connectivity index (χ0n) is 13.2. The van der Waals surface area contributed by atoms with E-state index in [9.17, 15) is 0 Å².